The minimum absolute atomic E-state index is 0.0187. The highest BCUT2D eigenvalue weighted by Gasteiger charge is 2.07. The number of phenols is 2. The van der Waals surface area contributed by atoms with E-state index in [2.05, 4.69) is 13.8 Å². The van der Waals surface area contributed by atoms with E-state index >= 15 is 0 Å². The highest BCUT2D eigenvalue weighted by Crippen LogP contribution is 2.30. The van der Waals surface area contributed by atoms with Crippen LogP contribution in [0.4, 0.5) is 0 Å². The van der Waals surface area contributed by atoms with Gasteiger partial charge in [-0.2, -0.15) is 0 Å². The molecular weight excluding hydrogens is 188 g/mol. The van der Waals surface area contributed by atoms with E-state index in [-0.39, 0.29) is 11.5 Å². The molecule has 0 aliphatic rings. The number of phenolic OH excluding ortho intramolecular Hbond substituents is 2. The molecule has 0 aromatic heterocycles. The fraction of sp³-hybridized carbons (Fsp3) is 0.538. The summed E-state index contributed by atoms with van der Waals surface area (Å²) in [5.74, 6) is 0.386. The lowest BCUT2D eigenvalue weighted by Crippen LogP contribution is -1.93. The average Bonchev–Trinajstić information content (AvgIpc) is 2.22. The van der Waals surface area contributed by atoms with E-state index in [1.807, 2.05) is 6.07 Å². The number of unbranched alkanes of at least 4 members (excludes halogenated alkanes) is 2. The summed E-state index contributed by atoms with van der Waals surface area (Å²) in [6.45, 7) is 4.35. The molecule has 2 nitrogen and oxygen atoms in total. The average molecular weight is 208 g/mol. The molecule has 1 aromatic carbocycles. The minimum atomic E-state index is -0.0421. The van der Waals surface area contributed by atoms with Crippen molar-refractivity contribution in [1.82, 2.24) is 0 Å². The lowest BCUT2D eigenvalue weighted by molar-refractivity contribution is 0.402. The van der Waals surface area contributed by atoms with Gasteiger partial charge in [0.05, 0.1) is 0 Å². The number of benzene rings is 1. The summed E-state index contributed by atoms with van der Waals surface area (Å²) in [7, 11) is 0. The zero-order valence-corrected chi connectivity index (χ0v) is 9.53. The highest BCUT2D eigenvalue weighted by atomic mass is 16.3. The molecule has 2 N–H and O–H groups in total. The van der Waals surface area contributed by atoms with E-state index in [0.29, 0.717) is 5.92 Å². The summed E-state index contributed by atoms with van der Waals surface area (Å²) in [6.07, 6.45) is 4.85. The van der Waals surface area contributed by atoms with Crippen molar-refractivity contribution in [2.45, 2.75) is 45.4 Å². The Balaban J connectivity index is 2.57. The van der Waals surface area contributed by atoms with E-state index in [0.717, 1.165) is 12.0 Å². The molecule has 1 atom stereocenters. The first-order valence-electron chi connectivity index (χ1n) is 5.67. The lowest BCUT2D eigenvalue weighted by atomic mass is 9.95. The maximum Gasteiger partial charge on any atom is 0.157 e. The van der Waals surface area contributed by atoms with E-state index in [1.165, 1.54) is 19.3 Å². The van der Waals surface area contributed by atoms with Crippen molar-refractivity contribution in [1.29, 1.82) is 0 Å². The largest absolute Gasteiger partial charge is 0.504 e. The Morgan fingerprint density at radius 2 is 1.87 bits per heavy atom. The van der Waals surface area contributed by atoms with Gasteiger partial charge < -0.3 is 10.2 Å². The van der Waals surface area contributed by atoms with Gasteiger partial charge in [-0.25, -0.2) is 0 Å². The predicted molar refractivity (Wildman–Crippen MR) is 62.3 cm³/mol. The third-order valence-corrected chi connectivity index (χ3v) is 2.81. The van der Waals surface area contributed by atoms with Crippen LogP contribution in [0.5, 0.6) is 11.5 Å². The van der Waals surface area contributed by atoms with E-state index in [4.69, 9.17) is 0 Å². The van der Waals surface area contributed by atoms with Crippen LogP contribution < -0.4 is 0 Å². The first-order valence-corrected chi connectivity index (χ1v) is 5.67. The van der Waals surface area contributed by atoms with Gasteiger partial charge in [-0.15, -0.1) is 0 Å². The first kappa shape index (κ1) is 11.9. The van der Waals surface area contributed by atoms with Crippen molar-refractivity contribution >= 4 is 0 Å². The molecule has 84 valence electrons. The fourth-order valence-electron chi connectivity index (χ4n) is 1.71. The van der Waals surface area contributed by atoms with Gasteiger partial charge >= 0.3 is 0 Å². The van der Waals surface area contributed by atoms with Crippen LogP contribution in [0, 0.1) is 0 Å². The van der Waals surface area contributed by atoms with E-state index in [1.54, 1.807) is 12.1 Å². The molecular formula is C13H20O2. The number of rotatable bonds is 5. The van der Waals surface area contributed by atoms with Crippen LogP contribution in [-0.4, -0.2) is 10.2 Å². The maximum absolute atomic E-state index is 9.37. The quantitative estimate of drug-likeness (QED) is 0.571. The van der Waals surface area contributed by atoms with Gasteiger partial charge in [0.25, 0.3) is 0 Å². The van der Waals surface area contributed by atoms with Crippen LogP contribution >= 0.6 is 0 Å². The zero-order valence-electron chi connectivity index (χ0n) is 9.53. The van der Waals surface area contributed by atoms with Gasteiger partial charge in [0.15, 0.2) is 11.5 Å². The van der Waals surface area contributed by atoms with Crippen LogP contribution in [0.3, 0.4) is 0 Å². The molecule has 0 spiro atoms. The van der Waals surface area contributed by atoms with E-state index < -0.39 is 0 Å². The van der Waals surface area contributed by atoms with Crippen LogP contribution in [0.25, 0.3) is 0 Å². The Labute approximate surface area is 91.6 Å². The molecule has 0 heterocycles. The molecule has 2 heteroatoms. The Morgan fingerprint density at radius 3 is 2.47 bits per heavy atom. The highest BCUT2D eigenvalue weighted by molar-refractivity contribution is 5.41. The topological polar surface area (TPSA) is 40.5 Å². The Hall–Kier alpha value is -1.18. The van der Waals surface area contributed by atoms with Crippen molar-refractivity contribution in [2.24, 2.45) is 0 Å². The molecule has 0 unspecified atom stereocenters. The van der Waals surface area contributed by atoms with E-state index in [9.17, 15) is 10.2 Å². The van der Waals surface area contributed by atoms with Gasteiger partial charge in [-0.05, 0) is 30.0 Å². The van der Waals surface area contributed by atoms with Gasteiger partial charge in [-0.1, -0.05) is 39.2 Å². The summed E-state index contributed by atoms with van der Waals surface area (Å²) in [6, 6.07) is 5.10. The van der Waals surface area contributed by atoms with Gasteiger partial charge in [0, 0.05) is 0 Å². The molecule has 0 saturated carbocycles. The molecule has 15 heavy (non-hydrogen) atoms. The molecule has 0 bridgehead atoms. The number of aromatic hydroxyl groups is 2. The third-order valence-electron chi connectivity index (χ3n) is 2.81. The Kier molecular flexibility index (Phi) is 4.47. The Bertz CT molecular complexity index is 307. The number of hydrogen-bond donors (Lipinski definition) is 2. The SMILES string of the molecule is CCCCC[C@@H](C)c1ccc(O)c(O)c1. The fourth-order valence-corrected chi connectivity index (χ4v) is 1.71. The van der Waals surface area contributed by atoms with Crippen LogP contribution in [0.2, 0.25) is 0 Å². The monoisotopic (exact) mass is 208 g/mol. The summed E-state index contributed by atoms with van der Waals surface area (Å²) < 4.78 is 0. The second-order valence-electron chi connectivity index (χ2n) is 4.14. The maximum atomic E-state index is 9.37. The van der Waals surface area contributed by atoms with Crippen molar-refractivity contribution in [2.75, 3.05) is 0 Å². The second-order valence-corrected chi connectivity index (χ2v) is 4.14. The van der Waals surface area contributed by atoms with Crippen molar-refractivity contribution in [3.8, 4) is 11.5 Å². The first-order chi connectivity index (χ1) is 7.15. The van der Waals surface area contributed by atoms with Gasteiger partial charge in [-0.3, -0.25) is 0 Å². The summed E-state index contributed by atoms with van der Waals surface area (Å²) >= 11 is 0. The van der Waals surface area contributed by atoms with Crippen LogP contribution in [0.15, 0.2) is 18.2 Å². The standard InChI is InChI=1S/C13H20O2/c1-3-4-5-6-10(2)11-7-8-12(14)13(15)9-11/h7-10,14-15H,3-6H2,1-2H3/t10-/m1/s1. The van der Waals surface area contributed by atoms with Crippen LogP contribution in [0.1, 0.15) is 51.0 Å². The Morgan fingerprint density at radius 1 is 1.13 bits per heavy atom. The molecule has 1 rings (SSSR count). The molecule has 0 saturated heterocycles. The second kappa shape index (κ2) is 5.64. The number of hydrogen-bond acceptors (Lipinski definition) is 2. The molecule has 1 aromatic rings. The molecule has 0 aliphatic heterocycles. The normalized spacial score (nSPS) is 12.7. The smallest absolute Gasteiger partial charge is 0.157 e. The summed E-state index contributed by atoms with van der Waals surface area (Å²) in [4.78, 5) is 0. The van der Waals surface area contributed by atoms with Crippen molar-refractivity contribution < 1.29 is 10.2 Å². The zero-order chi connectivity index (χ0) is 11.3. The van der Waals surface area contributed by atoms with Crippen LogP contribution in [-0.2, 0) is 0 Å². The third kappa shape index (κ3) is 3.46. The van der Waals surface area contributed by atoms with Crippen molar-refractivity contribution in [3.05, 3.63) is 23.8 Å². The van der Waals surface area contributed by atoms with Gasteiger partial charge in [0.1, 0.15) is 0 Å². The molecule has 0 amide bonds. The molecule has 0 aliphatic carbocycles. The van der Waals surface area contributed by atoms with Gasteiger partial charge in [0.2, 0.25) is 0 Å². The molecule has 0 radical (unpaired) electrons. The predicted octanol–water partition coefficient (Wildman–Crippen LogP) is 3.78. The lowest BCUT2D eigenvalue weighted by Gasteiger charge is -2.12. The summed E-state index contributed by atoms with van der Waals surface area (Å²) in [5, 5.41) is 18.6. The van der Waals surface area contributed by atoms with Crippen molar-refractivity contribution in [3.63, 3.8) is 0 Å². The molecule has 0 fully saturated rings. The minimum Gasteiger partial charge on any atom is -0.504 e. The summed E-state index contributed by atoms with van der Waals surface area (Å²) in [5.41, 5.74) is 1.10.